The second kappa shape index (κ2) is 9.03. The highest BCUT2D eigenvalue weighted by Gasteiger charge is 2.20. The lowest BCUT2D eigenvalue weighted by Gasteiger charge is -2.36. The first-order valence-electron chi connectivity index (χ1n) is 9.65. The maximum Gasteiger partial charge on any atom is 0.194 e. The van der Waals surface area contributed by atoms with Crippen LogP contribution in [0.2, 0.25) is 0 Å². The second-order valence-electron chi connectivity index (χ2n) is 7.48. The summed E-state index contributed by atoms with van der Waals surface area (Å²) >= 11 is 0. The number of hydrogen-bond acceptors (Lipinski definition) is 5. The number of piperazine rings is 1. The molecular weight excluding hydrogens is 342 g/mol. The van der Waals surface area contributed by atoms with Gasteiger partial charge in [0.1, 0.15) is 11.6 Å². The van der Waals surface area contributed by atoms with Gasteiger partial charge in [-0.05, 0) is 12.8 Å². The van der Waals surface area contributed by atoms with Gasteiger partial charge in [-0.1, -0.05) is 19.0 Å². The Labute approximate surface area is 161 Å². The fourth-order valence-electron chi connectivity index (χ4n) is 3.40. The number of aromatic nitrogens is 3. The molecule has 0 spiro atoms. The topological polar surface area (TPSA) is 74.7 Å². The molecule has 2 aromatic heterocycles. The number of imidazole rings is 1. The van der Waals surface area contributed by atoms with Crippen LogP contribution in [-0.2, 0) is 19.6 Å². The van der Waals surface area contributed by atoms with E-state index in [1.54, 1.807) is 0 Å². The van der Waals surface area contributed by atoms with E-state index in [9.17, 15) is 0 Å². The van der Waals surface area contributed by atoms with Crippen LogP contribution >= 0.6 is 0 Å². The molecule has 1 aliphatic rings. The second-order valence-corrected chi connectivity index (χ2v) is 7.48. The molecule has 0 amide bonds. The van der Waals surface area contributed by atoms with Crippen molar-refractivity contribution in [3.8, 4) is 0 Å². The minimum atomic E-state index is 0.596. The molecule has 2 aromatic rings. The van der Waals surface area contributed by atoms with Gasteiger partial charge in [0, 0.05) is 64.8 Å². The molecule has 1 aliphatic heterocycles. The summed E-state index contributed by atoms with van der Waals surface area (Å²) in [6, 6.07) is 2.01. The molecule has 0 aliphatic carbocycles. The summed E-state index contributed by atoms with van der Waals surface area (Å²) in [4.78, 5) is 13.7. The molecule has 0 unspecified atom stereocenters. The van der Waals surface area contributed by atoms with E-state index in [0.29, 0.717) is 12.5 Å². The van der Waals surface area contributed by atoms with Gasteiger partial charge < -0.3 is 19.3 Å². The maximum absolute atomic E-state index is 5.16. The molecule has 148 valence electrons. The van der Waals surface area contributed by atoms with Crippen molar-refractivity contribution in [3.63, 3.8) is 0 Å². The molecule has 8 heteroatoms. The first kappa shape index (κ1) is 19.4. The molecule has 0 atom stereocenters. The van der Waals surface area contributed by atoms with Gasteiger partial charge in [0.15, 0.2) is 5.96 Å². The largest absolute Gasteiger partial charge is 0.361 e. The Bertz CT molecular complexity index is 741. The van der Waals surface area contributed by atoms with Crippen molar-refractivity contribution in [2.75, 3.05) is 33.2 Å². The van der Waals surface area contributed by atoms with E-state index in [2.05, 4.69) is 48.7 Å². The fourth-order valence-corrected chi connectivity index (χ4v) is 3.40. The van der Waals surface area contributed by atoms with Crippen LogP contribution in [0.4, 0.5) is 0 Å². The van der Waals surface area contributed by atoms with E-state index in [4.69, 9.17) is 4.52 Å². The molecule has 27 heavy (non-hydrogen) atoms. The van der Waals surface area contributed by atoms with Crippen molar-refractivity contribution in [3.05, 3.63) is 35.7 Å². The molecule has 0 bridgehead atoms. The summed E-state index contributed by atoms with van der Waals surface area (Å²) in [7, 11) is 1.84. The number of aliphatic imine (C=N–C) groups is 1. The quantitative estimate of drug-likeness (QED) is 0.614. The number of rotatable bonds is 6. The zero-order valence-corrected chi connectivity index (χ0v) is 16.9. The Hall–Kier alpha value is -2.35. The molecule has 1 N–H and O–H groups in total. The molecular formula is C19H31N7O. The third-order valence-corrected chi connectivity index (χ3v) is 4.71. The normalized spacial score (nSPS) is 16.3. The Balaban J connectivity index is 1.48. The van der Waals surface area contributed by atoms with E-state index in [1.807, 2.05) is 32.4 Å². The van der Waals surface area contributed by atoms with Crippen molar-refractivity contribution < 1.29 is 4.52 Å². The lowest BCUT2D eigenvalue weighted by molar-refractivity contribution is 0.169. The van der Waals surface area contributed by atoms with Crippen LogP contribution in [0.25, 0.3) is 0 Å². The molecule has 0 saturated carbocycles. The molecule has 0 aromatic carbocycles. The van der Waals surface area contributed by atoms with Gasteiger partial charge in [-0.3, -0.25) is 9.89 Å². The molecule has 1 saturated heterocycles. The summed E-state index contributed by atoms with van der Waals surface area (Å²) in [6.07, 6.45) is 3.91. The van der Waals surface area contributed by atoms with Crippen molar-refractivity contribution in [1.82, 2.24) is 29.8 Å². The SMILES string of the molecule is CN=C(NCc1nccn1CC(C)C)N1CCN(Cc2cc(C)on2)CC1. The van der Waals surface area contributed by atoms with Gasteiger partial charge in [-0.2, -0.15) is 0 Å². The van der Waals surface area contributed by atoms with Gasteiger partial charge in [0.2, 0.25) is 0 Å². The number of nitrogens with one attached hydrogen (secondary N) is 1. The molecule has 8 nitrogen and oxygen atoms in total. The Morgan fingerprint density at radius 2 is 2.07 bits per heavy atom. The van der Waals surface area contributed by atoms with Gasteiger partial charge >= 0.3 is 0 Å². The highest BCUT2D eigenvalue weighted by atomic mass is 16.5. The molecule has 3 heterocycles. The Kier molecular flexibility index (Phi) is 6.49. The van der Waals surface area contributed by atoms with E-state index in [1.165, 1.54) is 0 Å². The van der Waals surface area contributed by atoms with Crippen molar-refractivity contribution in [2.45, 2.75) is 40.4 Å². The molecule has 0 radical (unpaired) electrons. The average molecular weight is 374 g/mol. The fraction of sp³-hybridized carbons (Fsp3) is 0.632. The Morgan fingerprint density at radius 3 is 2.70 bits per heavy atom. The van der Waals surface area contributed by atoms with Crippen molar-refractivity contribution in [2.24, 2.45) is 10.9 Å². The summed E-state index contributed by atoms with van der Waals surface area (Å²) in [5.74, 6) is 3.44. The zero-order chi connectivity index (χ0) is 19.2. The standard InChI is InChI=1S/C19H31N7O/c1-15(2)13-26-6-5-21-18(26)12-22-19(20-4)25-9-7-24(8-10-25)14-17-11-16(3)27-23-17/h5-6,11,15H,7-10,12-14H2,1-4H3,(H,20,22). The third kappa shape index (κ3) is 5.32. The van der Waals surface area contributed by atoms with Crippen molar-refractivity contribution in [1.29, 1.82) is 0 Å². The smallest absolute Gasteiger partial charge is 0.194 e. The molecule has 3 rings (SSSR count). The number of aryl methyl sites for hydroxylation is 1. The van der Waals surface area contributed by atoms with Gasteiger partial charge in [-0.15, -0.1) is 0 Å². The first-order valence-corrected chi connectivity index (χ1v) is 9.65. The van der Waals surface area contributed by atoms with E-state index >= 15 is 0 Å². The lowest BCUT2D eigenvalue weighted by atomic mass is 10.2. The summed E-state index contributed by atoms with van der Waals surface area (Å²) < 4.78 is 7.37. The molecule has 1 fully saturated rings. The summed E-state index contributed by atoms with van der Waals surface area (Å²) in [6.45, 7) is 12.7. The monoisotopic (exact) mass is 373 g/mol. The third-order valence-electron chi connectivity index (χ3n) is 4.71. The minimum Gasteiger partial charge on any atom is -0.361 e. The van der Waals surface area contributed by atoms with Crippen LogP contribution in [0.1, 0.15) is 31.1 Å². The summed E-state index contributed by atoms with van der Waals surface area (Å²) in [5.41, 5.74) is 1.00. The average Bonchev–Trinajstić information content (AvgIpc) is 3.25. The van der Waals surface area contributed by atoms with E-state index in [-0.39, 0.29) is 0 Å². The predicted octanol–water partition coefficient (Wildman–Crippen LogP) is 1.73. The van der Waals surface area contributed by atoms with Crippen LogP contribution in [0, 0.1) is 12.8 Å². The van der Waals surface area contributed by atoms with Gasteiger partial charge in [0.05, 0.1) is 12.2 Å². The first-order chi connectivity index (χ1) is 13.0. The van der Waals surface area contributed by atoms with Gasteiger partial charge in [0.25, 0.3) is 0 Å². The highest BCUT2D eigenvalue weighted by molar-refractivity contribution is 5.79. The van der Waals surface area contributed by atoms with Crippen LogP contribution in [0.5, 0.6) is 0 Å². The van der Waals surface area contributed by atoms with E-state index in [0.717, 1.165) is 62.5 Å². The maximum atomic E-state index is 5.16. The van der Waals surface area contributed by atoms with Gasteiger partial charge in [-0.25, -0.2) is 4.98 Å². The van der Waals surface area contributed by atoms with Crippen LogP contribution in [0.3, 0.4) is 0 Å². The van der Waals surface area contributed by atoms with E-state index < -0.39 is 0 Å². The van der Waals surface area contributed by atoms with Crippen molar-refractivity contribution >= 4 is 5.96 Å². The number of hydrogen-bond donors (Lipinski definition) is 1. The highest BCUT2D eigenvalue weighted by Crippen LogP contribution is 2.10. The van der Waals surface area contributed by atoms with Crippen LogP contribution in [0.15, 0.2) is 28.0 Å². The zero-order valence-electron chi connectivity index (χ0n) is 16.9. The predicted molar refractivity (Wildman–Crippen MR) is 105 cm³/mol. The van der Waals surface area contributed by atoms with Crippen LogP contribution < -0.4 is 5.32 Å². The summed E-state index contributed by atoms with van der Waals surface area (Å²) in [5, 5.41) is 7.56. The lowest BCUT2D eigenvalue weighted by Crippen LogP contribution is -2.52. The number of guanidine groups is 1. The minimum absolute atomic E-state index is 0.596. The van der Waals surface area contributed by atoms with Crippen LogP contribution in [-0.4, -0.2) is 63.7 Å². The Morgan fingerprint density at radius 1 is 1.30 bits per heavy atom. The number of nitrogens with zero attached hydrogens (tertiary/aromatic N) is 6.